The van der Waals surface area contributed by atoms with Crippen molar-refractivity contribution in [1.82, 2.24) is 29.3 Å². The molecule has 0 aliphatic heterocycles. The first-order chi connectivity index (χ1) is 18.0. The summed E-state index contributed by atoms with van der Waals surface area (Å²) >= 11 is 0. The Bertz CT molecular complexity index is 1900. The molecule has 0 spiro atoms. The molecule has 37 heavy (non-hydrogen) atoms. The van der Waals surface area contributed by atoms with Crippen LogP contribution in [0.4, 0.5) is 5.82 Å². The lowest BCUT2D eigenvalue weighted by molar-refractivity contribution is 0.112. The predicted octanol–water partition coefficient (Wildman–Crippen LogP) is 3.85. The van der Waals surface area contributed by atoms with Gasteiger partial charge in [0.2, 0.25) is 0 Å². The summed E-state index contributed by atoms with van der Waals surface area (Å²) in [5.41, 5.74) is 10.3. The summed E-state index contributed by atoms with van der Waals surface area (Å²) in [6, 6.07) is 14.8. The maximum atomic E-state index is 13.9. The maximum absolute atomic E-state index is 13.9. The van der Waals surface area contributed by atoms with E-state index in [0.29, 0.717) is 51.1 Å². The van der Waals surface area contributed by atoms with Crippen molar-refractivity contribution < 1.29 is 9.21 Å². The number of nitrogen functional groups attached to an aromatic ring is 1. The predicted molar refractivity (Wildman–Crippen MR) is 139 cm³/mol. The van der Waals surface area contributed by atoms with Crippen LogP contribution in [-0.4, -0.2) is 35.6 Å². The number of aryl methyl sites for hydroxylation is 2. The van der Waals surface area contributed by atoms with Crippen molar-refractivity contribution >= 4 is 34.0 Å². The Morgan fingerprint density at radius 3 is 2.62 bits per heavy atom. The van der Waals surface area contributed by atoms with E-state index in [2.05, 4.69) is 9.97 Å². The van der Waals surface area contributed by atoms with Crippen molar-refractivity contribution in [1.29, 1.82) is 0 Å². The second-order valence-corrected chi connectivity index (χ2v) is 8.75. The van der Waals surface area contributed by atoms with Gasteiger partial charge in [-0.15, -0.1) is 0 Å². The number of hydrogen-bond acceptors (Lipinski definition) is 8. The van der Waals surface area contributed by atoms with E-state index in [0.717, 1.165) is 16.8 Å². The number of benzene rings is 2. The molecule has 0 aliphatic carbocycles. The van der Waals surface area contributed by atoms with Crippen molar-refractivity contribution in [2.24, 2.45) is 0 Å². The highest BCUT2D eigenvalue weighted by Crippen LogP contribution is 2.31. The number of para-hydroxylation sites is 1. The first-order valence-electron chi connectivity index (χ1n) is 11.5. The zero-order valence-corrected chi connectivity index (χ0v) is 20.0. The van der Waals surface area contributed by atoms with Crippen molar-refractivity contribution in [2.45, 2.75) is 20.4 Å². The monoisotopic (exact) mass is 491 g/mol. The van der Waals surface area contributed by atoms with E-state index in [4.69, 9.17) is 20.2 Å². The van der Waals surface area contributed by atoms with Gasteiger partial charge in [0.25, 0.3) is 5.56 Å². The number of anilines is 1. The molecule has 10 heteroatoms. The van der Waals surface area contributed by atoms with Crippen LogP contribution in [0.15, 0.2) is 70.3 Å². The van der Waals surface area contributed by atoms with E-state index < -0.39 is 0 Å². The van der Waals surface area contributed by atoms with Crippen molar-refractivity contribution in [3.8, 4) is 17.1 Å². The van der Waals surface area contributed by atoms with E-state index >= 15 is 0 Å². The molecule has 0 fully saturated rings. The first kappa shape index (κ1) is 22.4. The van der Waals surface area contributed by atoms with Gasteiger partial charge in [-0.1, -0.05) is 30.3 Å². The fraction of sp³-hybridized carbons (Fsp3) is 0.111. The van der Waals surface area contributed by atoms with Gasteiger partial charge in [-0.2, -0.15) is 5.10 Å². The quantitative estimate of drug-likeness (QED) is 0.359. The molecule has 0 amide bonds. The number of aldehydes is 1. The van der Waals surface area contributed by atoms with Gasteiger partial charge in [0, 0.05) is 0 Å². The van der Waals surface area contributed by atoms with Crippen molar-refractivity contribution in [2.75, 3.05) is 5.73 Å². The minimum Gasteiger partial charge on any atom is -0.462 e. The standard InChI is InChI=1S/C27H21N7O3/c1-15-6-3-4-9-19(15)34-21(31-18-8-5-7-16(2)22(18)27(34)36)11-33-26-23(25(28)29-14-30-26)24(32-33)20-10-17(12-35)13-37-20/h3-10,12-14H,11H2,1-2H3,(H2,28,29,30). The third-order valence-electron chi connectivity index (χ3n) is 6.37. The van der Waals surface area contributed by atoms with Crippen molar-refractivity contribution in [3.63, 3.8) is 0 Å². The lowest BCUT2D eigenvalue weighted by Crippen LogP contribution is -2.26. The average molecular weight is 492 g/mol. The van der Waals surface area contributed by atoms with E-state index in [1.165, 1.54) is 12.6 Å². The molecular weight excluding hydrogens is 470 g/mol. The molecule has 0 atom stereocenters. The van der Waals surface area contributed by atoms with E-state index in [1.54, 1.807) is 15.3 Å². The zero-order valence-electron chi connectivity index (χ0n) is 20.0. The highest BCUT2D eigenvalue weighted by Gasteiger charge is 2.22. The number of fused-ring (bicyclic) bond motifs is 2. The third-order valence-corrected chi connectivity index (χ3v) is 6.37. The zero-order chi connectivity index (χ0) is 25.7. The Morgan fingerprint density at radius 1 is 1.03 bits per heavy atom. The summed E-state index contributed by atoms with van der Waals surface area (Å²) in [6.45, 7) is 3.96. The van der Waals surface area contributed by atoms with Crippen molar-refractivity contribution in [3.05, 3.63) is 94.0 Å². The van der Waals surface area contributed by atoms with Crippen LogP contribution in [0, 0.1) is 13.8 Å². The topological polar surface area (TPSA) is 135 Å². The van der Waals surface area contributed by atoms with Crippen LogP contribution in [0.3, 0.4) is 0 Å². The molecule has 6 aromatic rings. The SMILES string of the molecule is Cc1ccccc1-n1c(Cn2nc(-c3cc(C=O)co3)c3c(N)ncnc32)nc2cccc(C)c2c1=O. The van der Waals surface area contributed by atoms with Crippen LogP contribution >= 0.6 is 0 Å². The number of nitrogens with zero attached hydrogens (tertiary/aromatic N) is 6. The average Bonchev–Trinajstić information content (AvgIpc) is 3.51. The molecule has 0 unspecified atom stereocenters. The Morgan fingerprint density at radius 2 is 1.84 bits per heavy atom. The molecule has 2 N–H and O–H groups in total. The molecule has 4 heterocycles. The summed E-state index contributed by atoms with van der Waals surface area (Å²) in [7, 11) is 0. The lowest BCUT2D eigenvalue weighted by Gasteiger charge is -2.16. The third kappa shape index (κ3) is 3.57. The van der Waals surface area contributed by atoms with Crippen LogP contribution in [0.2, 0.25) is 0 Å². The molecule has 10 nitrogen and oxygen atoms in total. The minimum absolute atomic E-state index is 0.113. The van der Waals surface area contributed by atoms with Crippen LogP contribution < -0.4 is 11.3 Å². The summed E-state index contributed by atoms with van der Waals surface area (Å²) in [5.74, 6) is 1.04. The number of carbonyl (C=O) groups is 1. The molecule has 182 valence electrons. The second-order valence-electron chi connectivity index (χ2n) is 8.75. The Balaban J connectivity index is 1.62. The molecule has 4 aromatic heterocycles. The van der Waals surface area contributed by atoms with Gasteiger partial charge in [0.05, 0.1) is 27.5 Å². The van der Waals surface area contributed by atoms with Crippen LogP contribution in [0.1, 0.15) is 27.3 Å². The summed E-state index contributed by atoms with van der Waals surface area (Å²) in [5, 5.41) is 5.76. The number of carbonyl (C=O) groups excluding carboxylic acids is 1. The molecule has 6 rings (SSSR count). The molecule has 0 saturated heterocycles. The summed E-state index contributed by atoms with van der Waals surface area (Å²) < 4.78 is 8.82. The molecule has 2 aromatic carbocycles. The summed E-state index contributed by atoms with van der Waals surface area (Å²) in [4.78, 5) is 38.5. The fourth-order valence-corrected chi connectivity index (χ4v) is 4.59. The van der Waals surface area contributed by atoms with E-state index in [9.17, 15) is 9.59 Å². The van der Waals surface area contributed by atoms with E-state index in [-0.39, 0.29) is 17.9 Å². The van der Waals surface area contributed by atoms with Gasteiger partial charge in [0.1, 0.15) is 36.5 Å². The molecular formula is C27H21N7O3. The number of hydrogen-bond donors (Lipinski definition) is 1. The largest absolute Gasteiger partial charge is 0.462 e. The van der Waals surface area contributed by atoms with E-state index in [1.807, 2.05) is 56.3 Å². The molecule has 0 saturated carbocycles. The highest BCUT2D eigenvalue weighted by molar-refractivity contribution is 5.97. The number of rotatable bonds is 5. The maximum Gasteiger partial charge on any atom is 0.266 e. The van der Waals surface area contributed by atoms with Crippen LogP contribution in [0.25, 0.3) is 39.1 Å². The molecule has 0 aliphatic rings. The Hall–Kier alpha value is -5.12. The second kappa shape index (κ2) is 8.52. The highest BCUT2D eigenvalue weighted by atomic mass is 16.3. The first-order valence-corrected chi connectivity index (χ1v) is 11.5. The Kier molecular flexibility index (Phi) is 5.15. The van der Waals surface area contributed by atoms with Gasteiger partial charge in [-0.05, 0) is 43.2 Å². The smallest absolute Gasteiger partial charge is 0.266 e. The fourth-order valence-electron chi connectivity index (χ4n) is 4.59. The van der Waals surface area contributed by atoms with Crippen LogP contribution in [-0.2, 0) is 6.54 Å². The van der Waals surface area contributed by atoms with Gasteiger partial charge < -0.3 is 10.2 Å². The van der Waals surface area contributed by atoms with Crippen LogP contribution in [0.5, 0.6) is 0 Å². The minimum atomic E-state index is -0.167. The number of aromatic nitrogens is 6. The number of nitrogens with two attached hydrogens (primary N) is 1. The number of furan rings is 1. The molecule has 0 bridgehead atoms. The molecule has 0 radical (unpaired) electrons. The van der Waals surface area contributed by atoms with Gasteiger partial charge in [-0.25, -0.2) is 19.6 Å². The van der Waals surface area contributed by atoms with Gasteiger partial charge >= 0.3 is 0 Å². The van der Waals surface area contributed by atoms with Gasteiger partial charge in [0.15, 0.2) is 17.7 Å². The lowest BCUT2D eigenvalue weighted by atomic mass is 10.1. The normalized spacial score (nSPS) is 11.4. The van der Waals surface area contributed by atoms with Gasteiger partial charge in [-0.3, -0.25) is 14.2 Å². The summed E-state index contributed by atoms with van der Waals surface area (Å²) in [6.07, 6.45) is 3.38. The Labute approximate surface area is 210 Å².